The van der Waals surface area contributed by atoms with Gasteiger partial charge in [-0.15, -0.1) is 0 Å². The number of nitrogens with zero attached hydrogens (tertiary/aromatic N) is 1. The number of nitrogens with one attached hydrogen (secondary N) is 1. The van der Waals surface area contributed by atoms with Crippen LogP contribution < -0.4 is 10.1 Å². The number of halogens is 3. The average molecular weight is 390 g/mol. The van der Waals surface area contributed by atoms with Crippen molar-refractivity contribution in [3.8, 4) is 5.75 Å². The third-order valence-corrected chi connectivity index (χ3v) is 3.98. The molecule has 0 saturated carbocycles. The molecule has 0 atom stereocenters. The number of benzene rings is 2. The summed E-state index contributed by atoms with van der Waals surface area (Å²) in [5, 5.41) is 14.1. The molecule has 0 bridgehead atoms. The van der Waals surface area contributed by atoms with Crippen LogP contribution >= 0.6 is 34.8 Å². The molecule has 126 valence electrons. The molecule has 24 heavy (non-hydrogen) atoms. The van der Waals surface area contributed by atoms with Crippen molar-refractivity contribution in [3.05, 3.63) is 61.1 Å². The Morgan fingerprint density at radius 2 is 1.83 bits per heavy atom. The van der Waals surface area contributed by atoms with Gasteiger partial charge < -0.3 is 10.1 Å². The van der Waals surface area contributed by atoms with Gasteiger partial charge in [0.2, 0.25) is 0 Å². The van der Waals surface area contributed by atoms with Crippen molar-refractivity contribution in [1.82, 2.24) is 0 Å². The number of hydrogen-bond acceptors (Lipinski definition) is 4. The Morgan fingerprint density at radius 3 is 2.50 bits per heavy atom. The zero-order chi connectivity index (χ0) is 17.9. The second kappa shape index (κ2) is 7.70. The van der Waals surface area contributed by atoms with Gasteiger partial charge in [0.05, 0.1) is 20.0 Å². The van der Waals surface area contributed by atoms with E-state index in [2.05, 4.69) is 5.32 Å². The minimum Gasteiger partial charge on any atom is -0.482 e. The molecule has 2 aromatic rings. The first-order valence-corrected chi connectivity index (χ1v) is 7.73. The summed E-state index contributed by atoms with van der Waals surface area (Å²) in [7, 11) is 0. The molecule has 0 radical (unpaired) electrons. The van der Waals surface area contributed by atoms with E-state index in [1.807, 2.05) is 0 Å². The zero-order valence-electron chi connectivity index (χ0n) is 12.3. The van der Waals surface area contributed by atoms with Crippen LogP contribution in [0.5, 0.6) is 5.75 Å². The lowest BCUT2D eigenvalue weighted by Gasteiger charge is -2.10. The Kier molecular flexibility index (Phi) is 5.88. The number of nitro benzene ring substituents is 1. The number of anilines is 1. The highest BCUT2D eigenvalue weighted by atomic mass is 35.5. The van der Waals surface area contributed by atoms with E-state index in [9.17, 15) is 14.9 Å². The molecule has 0 fully saturated rings. The van der Waals surface area contributed by atoms with Crippen LogP contribution in [0.2, 0.25) is 15.1 Å². The van der Waals surface area contributed by atoms with E-state index < -0.39 is 17.4 Å². The van der Waals surface area contributed by atoms with Crippen molar-refractivity contribution in [1.29, 1.82) is 0 Å². The van der Waals surface area contributed by atoms with E-state index in [0.717, 1.165) is 0 Å². The molecule has 1 N–H and O–H groups in total. The number of aryl methyl sites for hydroxylation is 1. The highest BCUT2D eigenvalue weighted by Gasteiger charge is 2.16. The van der Waals surface area contributed by atoms with Crippen LogP contribution in [0.25, 0.3) is 0 Å². The Labute approximate surface area is 152 Å². The van der Waals surface area contributed by atoms with E-state index in [1.165, 1.54) is 24.3 Å². The average Bonchev–Trinajstić information content (AvgIpc) is 2.51. The molecule has 0 unspecified atom stereocenters. The van der Waals surface area contributed by atoms with Crippen molar-refractivity contribution in [3.63, 3.8) is 0 Å². The van der Waals surface area contributed by atoms with Gasteiger partial charge in [0.25, 0.3) is 11.6 Å². The van der Waals surface area contributed by atoms with Gasteiger partial charge in [-0.25, -0.2) is 0 Å². The van der Waals surface area contributed by atoms with Gasteiger partial charge in [-0.1, -0.05) is 40.9 Å². The Bertz CT molecular complexity index is 812. The lowest BCUT2D eigenvalue weighted by atomic mass is 10.2. The van der Waals surface area contributed by atoms with Gasteiger partial charge in [0.1, 0.15) is 11.4 Å². The largest absolute Gasteiger partial charge is 0.482 e. The predicted molar refractivity (Wildman–Crippen MR) is 93.4 cm³/mol. The molecular formula is C15H11Cl3N2O4. The van der Waals surface area contributed by atoms with Crippen LogP contribution in [-0.2, 0) is 4.79 Å². The summed E-state index contributed by atoms with van der Waals surface area (Å²) < 4.78 is 5.27. The highest BCUT2D eigenvalue weighted by Crippen LogP contribution is 2.34. The first-order valence-electron chi connectivity index (χ1n) is 6.60. The van der Waals surface area contributed by atoms with Gasteiger partial charge in [0.15, 0.2) is 6.61 Å². The molecular weight excluding hydrogens is 379 g/mol. The second-order valence-corrected chi connectivity index (χ2v) is 6.03. The molecule has 6 nitrogen and oxygen atoms in total. The first kappa shape index (κ1) is 18.3. The number of ether oxygens (including phenoxy) is 1. The Balaban J connectivity index is 2.07. The molecule has 0 spiro atoms. The van der Waals surface area contributed by atoms with Crippen LogP contribution in [0.3, 0.4) is 0 Å². The van der Waals surface area contributed by atoms with Gasteiger partial charge in [-0.2, -0.15) is 0 Å². The van der Waals surface area contributed by atoms with Crippen molar-refractivity contribution in [2.45, 2.75) is 6.92 Å². The fraction of sp³-hybridized carbons (Fsp3) is 0.133. The van der Waals surface area contributed by atoms with Crippen molar-refractivity contribution in [2.75, 3.05) is 11.9 Å². The van der Waals surface area contributed by atoms with Gasteiger partial charge in [-0.3, -0.25) is 14.9 Å². The lowest BCUT2D eigenvalue weighted by Crippen LogP contribution is -2.20. The predicted octanol–water partition coefficient (Wildman–Crippen LogP) is 4.88. The molecule has 9 heteroatoms. The molecule has 0 aliphatic carbocycles. The number of amides is 1. The maximum Gasteiger partial charge on any atom is 0.293 e. The summed E-state index contributed by atoms with van der Waals surface area (Å²) in [6, 6.07) is 7.25. The van der Waals surface area contributed by atoms with Gasteiger partial charge in [-0.05, 0) is 24.6 Å². The number of carbonyl (C=O) groups is 1. The fourth-order valence-electron chi connectivity index (χ4n) is 1.84. The summed E-state index contributed by atoms with van der Waals surface area (Å²) in [5.41, 5.74) is 0.592. The van der Waals surface area contributed by atoms with Gasteiger partial charge in [0, 0.05) is 12.1 Å². The third kappa shape index (κ3) is 4.50. The summed E-state index contributed by atoms with van der Waals surface area (Å²) in [6.07, 6.45) is 0. The highest BCUT2D eigenvalue weighted by molar-refractivity contribution is 6.43. The molecule has 0 aromatic heterocycles. The van der Waals surface area contributed by atoms with E-state index in [1.54, 1.807) is 13.0 Å². The van der Waals surface area contributed by atoms with Gasteiger partial charge >= 0.3 is 0 Å². The molecule has 2 aromatic carbocycles. The maximum atomic E-state index is 11.9. The van der Waals surface area contributed by atoms with Crippen molar-refractivity contribution in [2.24, 2.45) is 0 Å². The van der Waals surface area contributed by atoms with Crippen molar-refractivity contribution >= 4 is 52.1 Å². The Morgan fingerprint density at radius 1 is 1.17 bits per heavy atom. The molecule has 1 amide bonds. The molecule has 2 rings (SSSR count). The lowest BCUT2D eigenvalue weighted by molar-refractivity contribution is -0.384. The molecule has 0 aliphatic heterocycles. The monoisotopic (exact) mass is 388 g/mol. The third-order valence-electron chi connectivity index (χ3n) is 2.96. The standard InChI is InChI=1S/C15H11Cl3N2O4/c1-8-2-3-12(13(4-8)20(22)23)19-15(21)7-24-14-6-10(17)9(16)5-11(14)18/h2-6H,7H2,1H3,(H,19,21). The molecule has 0 saturated heterocycles. The second-order valence-electron chi connectivity index (χ2n) is 4.81. The zero-order valence-corrected chi connectivity index (χ0v) is 14.6. The van der Waals surface area contributed by atoms with Crippen LogP contribution in [-0.4, -0.2) is 17.4 Å². The summed E-state index contributed by atoms with van der Waals surface area (Å²) >= 11 is 17.6. The smallest absolute Gasteiger partial charge is 0.293 e. The Hall–Kier alpha value is -2.02. The van der Waals surface area contributed by atoms with Crippen LogP contribution in [0.1, 0.15) is 5.56 Å². The first-order chi connectivity index (χ1) is 11.3. The molecule has 0 aliphatic rings. The van der Waals surface area contributed by atoms with E-state index >= 15 is 0 Å². The van der Waals surface area contributed by atoms with E-state index in [0.29, 0.717) is 5.56 Å². The number of hydrogen-bond donors (Lipinski definition) is 1. The minimum absolute atomic E-state index is 0.0828. The maximum absolute atomic E-state index is 11.9. The fourth-order valence-corrected chi connectivity index (χ4v) is 2.43. The number of nitro groups is 1. The number of rotatable bonds is 5. The summed E-state index contributed by atoms with van der Waals surface area (Å²) in [4.78, 5) is 22.4. The van der Waals surface area contributed by atoms with Crippen LogP contribution in [0.4, 0.5) is 11.4 Å². The van der Waals surface area contributed by atoms with Crippen LogP contribution in [0, 0.1) is 17.0 Å². The van der Waals surface area contributed by atoms with Crippen LogP contribution in [0.15, 0.2) is 30.3 Å². The van der Waals surface area contributed by atoms with E-state index in [-0.39, 0.29) is 32.2 Å². The molecule has 0 heterocycles. The topological polar surface area (TPSA) is 81.5 Å². The van der Waals surface area contributed by atoms with E-state index in [4.69, 9.17) is 39.5 Å². The normalized spacial score (nSPS) is 10.3. The minimum atomic E-state index is -0.580. The SMILES string of the molecule is Cc1ccc(NC(=O)COc2cc(Cl)c(Cl)cc2Cl)c([N+](=O)[O-])c1. The number of carbonyl (C=O) groups excluding carboxylic acids is 1. The summed E-state index contributed by atoms with van der Waals surface area (Å²) in [5.74, 6) is -0.399. The quantitative estimate of drug-likeness (QED) is 0.449. The summed E-state index contributed by atoms with van der Waals surface area (Å²) in [6.45, 7) is 1.32. The van der Waals surface area contributed by atoms with Crippen molar-refractivity contribution < 1.29 is 14.5 Å².